The summed E-state index contributed by atoms with van der Waals surface area (Å²) in [6.07, 6.45) is 6.80. The van der Waals surface area contributed by atoms with Crippen LogP contribution < -0.4 is 4.74 Å². The van der Waals surface area contributed by atoms with Gasteiger partial charge in [-0.2, -0.15) is 0 Å². The lowest BCUT2D eigenvalue weighted by Gasteiger charge is -2.47. The van der Waals surface area contributed by atoms with Crippen LogP contribution in [0.3, 0.4) is 0 Å². The number of rotatable bonds is 2. The summed E-state index contributed by atoms with van der Waals surface area (Å²) in [5, 5.41) is 0. The van der Waals surface area contributed by atoms with E-state index in [1.165, 1.54) is 25.0 Å². The second-order valence-corrected chi connectivity index (χ2v) is 6.73. The molecule has 108 valence electrons. The van der Waals surface area contributed by atoms with Gasteiger partial charge >= 0.3 is 0 Å². The first kappa shape index (κ1) is 14.1. The van der Waals surface area contributed by atoms with Crippen molar-refractivity contribution in [3.05, 3.63) is 28.5 Å². The molecule has 2 fully saturated rings. The monoisotopic (exact) mass is 340 g/mol. The SMILES string of the molecule is O=C1CC(Oc2cc(F)ccc2Br)C12CCCCCC2. The van der Waals surface area contributed by atoms with Gasteiger partial charge in [-0.15, -0.1) is 0 Å². The number of hydrogen-bond acceptors (Lipinski definition) is 2. The molecule has 1 aromatic rings. The standard InChI is InChI=1S/C16H18BrFO2/c17-12-6-5-11(18)9-13(12)20-15-10-14(19)16(15)7-3-1-2-4-8-16/h5-6,9,15H,1-4,7-8,10H2. The van der Waals surface area contributed by atoms with Crippen molar-refractivity contribution in [2.75, 3.05) is 0 Å². The molecule has 2 nitrogen and oxygen atoms in total. The average molecular weight is 341 g/mol. The van der Waals surface area contributed by atoms with Crippen molar-refractivity contribution < 1.29 is 13.9 Å². The Labute approximate surface area is 126 Å². The van der Waals surface area contributed by atoms with Gasteiger partial charge in [-0.1, -0.05) is 25.7 Å². The zero-order valence-corrected chi connectivity index (χ0v) is 12.9. The van der Waals surface area contributed by atoms with E-state index in [4.69, 9.17) is 4.74 Å². The maximum Gasteiger partial charge on any atom is 0.146 e. The molecule has 1 aromatic carbocycles. The van der Waals surface area contributed by atoms with E-state index in [9.17, 15) is 9.18 Å². The molecule has 0 N–H and O–H groups in total. The van der Waals surface area contributed by atoms with Gasteiger partial charge in [0.25, 0.3) is 0 Å². The highest BCUT2D eigenvalue weighted by atomic mass is 79.9. The number of Topliss-reactive ketones (excluding diaryl/α,β-unsaturated/α-hetero) is 1. The summed E-state index contributed by atoms with van der Waals surface area (Å²) in [5.41, 5.74) is -0.303. The lowest BCUT2D eigenvalue weighted by molar-refractivity contribution is -0.154. The topological polar surface area (TPSA) is 26.3 Å². The minimum atomic E-state index is -0.316. The van der Waals surface area contributed by atoms with Crippen LogP contribution in [0.4, 0.5) is 4.39 Å². The molecule has 2 aliphatic rings. The van der Waals surface area contributed by atoms with E-state index in [0.717, 1.165) is 30.2 Å². The van der Waals surface area contributed by atoms with Crippen LogP contribution in [-0.4, -0.2) is 11.9 Å². The Bertz CT molecular complexity index is 521. The molecule has 0 amide bonds. The van der Waals surface area contributed by atoms with E-state index in [1.807, 2.05) is 0 Å². The van der Waals surface area contributed by atoms with Crippen LogP contribution in [0.5, 0.6) is 5.75 Å². The first-order chi connectivity index (χ1) is 9.62. The van der Waals surface area contributed by atoms with Crippen LogP contribution in [0, 0.1) is 11.2 Å². The third-order valence-electron chi connectivity index (χ3n) is 4.70. The summed E-state index contributed by atoms with van der Waals surface area (Å²) in [7, 11) is 0. The molecule has 1 unspecified atom stereocenters. The van der Waals surface area contributed by atoms with Crippen molar-refractivity contribution in [3.63, 3.8) is 0 Å². The normalized spacial score (nSPS) is 25.1. The molecule has 3 rings (SSSR count). The first-order valence-corrected chi connectivity index (χ1v) is 8.06. The fourth-order valence-corrected chi connectivity index (χ4v) is 3.79. The first-order valence-electron chi connectivity index (χ1n) is 7.27. The highest BCUT2D eigenvalue weighted by Crippen LogP contribution is 2.50. The van der Waals surface area contributed by atoms with Crippen molar-refractivity contribution in [2.24, 2.45) is 5.41 Å². The molecule has 1 atom stereocenters. The Balaban J connectivity index is 1.80. The van der Waals surface area contributed by atoms with Crippen molar-refractivity contribution in [1.29, 1.82) is 0 Å². The van der Waals surface area contributed by atoms with E-state index >= 15 is 0 Å². The second kappa shape index (κ2) is 5.47. The quantitative estimate of drug-likeness (QED) is 0.783. The van der Waals surface area contributed by atoms with E-state index in [0.29, 0.717) is 18.0 Å². The van der Waals surface area contributed by atoms with Gasteiger partial charge in [0.1, 0.15) is 23.5 Å². The number of hydrogen-bond donors (Lipinski definition) is 0. The highest BCUT2D eigenvalue weighted by Gasteiger charge is 2.55. The Kier molecular flexibility index (Phi) is 3.85. The van der Waals surface area contributed by atoms with Gasteiger partial charge < -0.3 is 4.74 Å². The summed E-state index contributed by atoms with van der Waals surface area (Å²) in [4.78, 5) is 12.1. The molecule has 0 aromatic heterocycles. The number of ketones is 1. The van der Waals surface area contributed by atoms with Crippen molar-refractivity contribution in [3.8, 4) is 5.75 Å². The fourth-order valence-electron chi connectivity index (χ4n) is 3.45. The molecule has 0 radical (unpaired) electrons. The number of carbonyl (C=O) groups is 1. The molecule has 2 saturated carbocycles. The van der Waals surface area contributed by atoms with Gasteiger partial charge in [-0.05, 0) is 40.9 Å². The fraction of sp³-hybridized carbons (Fsp3) is 0.562. The average Bonchev–Trinajstić information content (AvgIpc) is 2.70. The van der Waals surface area contributed by atoms with Gasteiger partial charge in [0.2, 0.25) is 0 Å². The van der Waals surface area contributed by atoms with Crippen LogP contribution in [0.25, 0.3) is 0 Å². The lowest BCUT2D eigenvalue weighted by Crippen LogP contribution is -2.56. The smallest absolute Gasteiger partial charge is 0.146 e. The lowest BCUT2D eigenvalue weighted by atomic mass is 9.60. The second-order valence-electron chi connectivity index (χ2n) is 5.88. The van der Waals surface area contributed by atoms with Crippen LogP contribution in [0.2, 0.25) is 0 Å². The minimum absolute atomic E-state index is 0.0915. The summed E-state index contributed by atoms with van der Waals surface area (Å²) in [6.45, 7) is 0. The Hall–Kier alpha value is -0.900. The predicted molar refractivity (Wildman–Crippen MR) is 78.3 cm³/mol. The molecule has 0 heterocycles. The zero-order chi connectivity index (χ0) is 14.2. The Morgan fingerprint density at radius 3 is 2.55 bits per heavy atom. The minimum Gasteiger partial charge on any atom is -0.488 e. The largest absolute Gasteiger partial charge is 0.488 e. The molecular formula is C16H18BrFO2. The molecule has 1 spiro atoms. The summed E-state index contributed by atoms with van der Waals surface area (Å²) in [5.74, 6) is 0.520. The molecule has 0 bridgehead atoms. The number of halogens is 2. The van der Waals surface area contributed by atoms with E-state index in [1.54, 1.807) is 6.07 Å². The molecular weight excluding hydrogens is 323 g/mol. The maximum atomic E-state index is 13.3. The Morgan fingerprint density at radius 2 is 1.90 bits per heavy atom. The van der Waals surface area contributed by atoms with Crippen LogP contribution in [-0.2, 0) is 4.79 Å². The molecule has 0 saturated heterocycles. The summed E-state index contributed by atoms with van der Waals surface area (Å²) in [6, 6.07) is 4.42. The Morgan fingerprint density at radius 1 is 1.20 bits per heavy atom. The van der Waals surface area contributed by atoms with Crippen molar-refractivity contribution in [1.82, 2.24) is 0 Å². The third-order valence-corrected chi connectivity index (χ3v) is 5.36. The van der Waals surface area contributed by atoms with Gasteiger partial charge in [-0.3, -0.25) is 4.79 Å². The summed E-state index contributed by atoms with van der Waals surface area (Å²) >= 11 is 3.38. The molecule has 0 aliphatic heterocycles. The van der Waals surface area contributed by atoms with Crippen LogP contribution in [0.15, 0.2) is 22.7 Å². The van der Waals surface area contributed by atoms with Gasteiger partial charge in [-0.25, -0.2) is 4.39 Å². The van der Waals surface area contributed by atoms with Gasteiger partial charge in [0.05, 0.1) is 9.89 Å². The predicted octanol–water partition coefficient (Wildman–Crippen LogP) is 4.65. The van der Waals surface area contributed by atoms with Crippen LogP contribution in [0.1, 0.15) is 44.9 Å². The number of carbonyl (C=O) groups excluding carboxylic acids is 1. The number of ether oxygens (including phenoxy) is 1. The molecule has 20 heavy (non-hydrogen) atoms. The van der Waals surface area contributed by atoms with E-state index < -0.39 is 0 Å². The van der Waals surface area contributed by atoms with Crippen molar-refractivity contribution >= 4 is 21.7 Å². The summed E-state index contributed by atoms with van der Waals surface area (Å²) < 4.78 is 20.0. The molecule has 2 aliphatic carbocycles. The van der Waals surface area contributed by atoms with Crippen molar-refractivity contribution in [2.45, 2.75) is 51.0 Å². The van der Waals surface area contributed by atoms with Gasteiger partial charge in [0, 0.05) is 12.5 Å². The zero-order valence-electron chi connectivity index (χ0n) is 11.3. The maximum absolute atomic E-state index is 13.3. The highest BCUT2D eigenvalue weighted by molar-refractivity contribution is 9.10. The van der Waals surface area contributed by atoms with Gasteiger partial charge in [0.15, 0.2) is 0 Å². The molecule has 4 heteroatoms. The third kappa shape index (κ3) is 2.39. The van der Waals surface area contributed by atoms with Crippen LogP contribution >= 0.6 is 15.9 Å². The number of benzene rings is 1. The van der Waals surface area contributed by atoms with E-state index in [2.05, 4.69) is 15.9 Å². The van der Waals surface area contributed by atoms with E-state index in [-0.39, 0.29) is 17.3 Å².